The smallest absolute Gasteiger partial charge is 0.161 e. The van der Waals surface area contributed by atoms with Gasteiger partial charge in [-0.1, -0.05) is 17.7 Å². The summed E-state index contributed by atoms with van der Waals surface area (Å²) in [5, 5.41) is 8.93. The number of nitrogens with one attached hydrogen (secondary N) is 1. The van der Waals surface area contributed by atoms with Crippen LogP contribution >= 0.6 is 0 Å². The van der Waals surface area contributed by atoms with Crippen molar-refractivity contribution in [2.24, 2.45) is 0 Å². The van der Waals surface area contributed by atoms with E-state index in [2.05, 4.69) is 48.9 Å². The van der Waals surface area contributed by atoms with Crippen LogP contribution in [0.4, 0.5) is 0 Å². The summed E-state index contributed by atoms with van der Waals surface area (Å²) in [5.41, 5.74) is 6.00. The number of aromatic nitrogens is 2. The van der Waals surface area contributed by atoms with E-state index in [-0.39, 0.29) is 0 Å². The quantitative estimate of drug-likeness (QED) is 0.810. The molecule has 0 saturated heterocycles. The van der Waals surface area contributed by atoms with Crippen LogP contribution in [0.1, 0.15) is 28.1 Å². The number of imidazole rings is 1. The van der Waals surface area contributed by atoms with E-state index in [4.69, 9.17) is 5.26 Å². The van der Waals surface area contributed by atoms with Gasteiger partial charge in [-0.05, 0) is 38.8 Å². The number of nitriles is 1. The van der Waals surface area contributed by atoms with Gasteiger partial charge in [0.2, 0.25) is 0 Å². The third-order valence-electron chi connectivity index (χ3n) is 2.90. The molecule has 0 bridgehead atoms. The molecular formula is C14H15N3. The maximum Gasteiger partial charge on any atom is 0.161 e. The van der Waals surface area contributed by atoms with E-state index in [1.54, 1.807) is 0 Å². The van der Waals surface area contributed by atoms with Crippen LogP contribution in [0, 0.1) is 39.0 Å². The average Bonchev–Trinajstić information content (AvgIpc) is 2.57. The molecule has 1 aromatic carbocycles. The molecule has 2 rings (SSSR count). The zero-order valence-electron chi connectivity index (χ0n) is 10.5. The van der Waals surface area contributed by atoms with Crippen LogP contribution in [0.25, 0.3) is 11.4 Å². The van der Waals surface area contributed by atoms with E-state index in [0.717, 1.165) is 17.1 Å². The zero-order valence-corrected chi connectivity index (χ0v) is 10.5. The second-order valence-electron chi connectivity index (χ2n) is 4.44. The van der Waals surface area contributed by atoms with Crippen molar-refractivity contribution in [2.75, 3.05) is 0 Å². The van der Waals surface area contributed by atoms with Crippen molar-refractivity contribution in [2.45, 2.75) is 27.7 Å². The summed E-state index contributed by atoms with van der Waals surface area (Å²) in [6.45, 7) is 8.09. The Labute approximate surface area is 101 Å². The number of rotatable bonds is 1. The number of H-pyrrole nitrogens is 1. The fourth-order valence-corrected chi connectivity index (χ4v) is 2.24. The van der Waals surface area contributed by atoms with E-state index in [0.29, 0.717) is 5.69 Å². The predicted molar refractivity (Wildman–Crippen MR) is 67.7 cm³/mol. The van der Waals surface area contributed by atoms with E-state index in [1.165, 1.54) is 16.7 Å². The Bertz CT molecular complexity index is 592. The van der Waals surface area contributed by atoms with Crippen molar-refractivity contribution < 1.29 is 0 Å². The number of hydrogen-bond acceptors (Lipinski definition) is 2. The molecule has 0 amide bonds. The van der Waals surface area contributed by atoms with Crippen molar-refractivity contribution in [3.63, 3.8) is 0 Å². The Balaban J connectivity index is 2.65. The molecule has 0 radical (unpaired) electrons. The van der Waals surface area contributed by atoms with Gasteiger partial charge in [0, 0.05) is 5.56 Å². The molecule has 0 saturated carbocycles. The van der Waals surface area contributed by atoms with Crippen LogP contribution in [-0.4, -0.2) is 9.97 Å². The van der Waals surface area contributed by atoms with Crippen LogP contribution in [0.3, 0.4) is 0 Å². The lowest BCUT2D eigenvalue weighted by Crippen LogP contribution is -1.91. The predicted octanol–water partition coefficient (Wildman–Crippen LogP) is 3.18. The highest BCUT2D eigenvalue weighted by Crippen LogP contribution is 2.26. The van der Waals surface area contributed by atoms with Crippen molar-refractivity contribution in [3.8, 4) is 17.5 Å². The molecule has 3 nitrogen and oxygen atoms in total. The number of aromatic amines is 1. The minimum Gasteiger partial charge on any atom is -0.341 e. The van der Waals surface area contributed by atoms with Crippen molar-refractivity contribution >= 4 is 0 Å². The number of aryl methyl sites for hydroxylation is 4. The van der Waals surface area contributed by atoms with Crippen LogP contribution in [0.15, 0.2) is 12.1 Å². The molecule has 0 aliphatic carbocycles. The molecule has 0 aliphatic rings. The van der Waals surface area contributed by atoms with Gasteiger partial charge in [-0.3, -0.25) is 0 Å². The highest BCUT2D eigenvalue weighted by molar-refractivity contribution is 5.66. The van der Waals surface area contributed by atoms with Gasteiger partial charge in [0.1, 0.15) is 11.9 Å². The summed E-state index contributed by atoms with van der Waals surface area (Å²) < 4.78 is 0. The topological polar surface area (TPSA) is 52.5 Å². The molecular weight excluding hydrogens is 210 g/mol. The van der Waals surface area contributed by atoms with Crippen molar-refractivity contribution in [1.82, 2.24) is 9.97 Å². The summed E-state index contributed by atoms with van der Waals surface area (Å²) in [6, 6.07) is 6.36. The Morgan fingerprint density at radius 1 is 1.12 bits per heavy atom. The Kier molecular flexibility index (Phi) is 2.72. The molecule has 1 N–H and O–H groups in total. The summed E-state index contributed by atoms with van der Waals surface area (Å²) in [6.07, 6.45) is 0. The van der Waals surface area contributed by atoms with Gasteiger partial charge >= 0.3 is 0 Å². The molecule has 0 atom stereocenters. The highest BCUT2D eigenvalue weighted by Gasteiger charge is 2.12. The number of nitrogens with zero attached hydrogens (tertiary/aromatic N) is 2. The van der Waals surface area contributed by atoms with E-state index < -0.39 is 0 Å². The average molecular weight is 225 g/mol. The maximum absolute atomic E-state index is 8.93. The standard InChI is InChI=1S/C14H15N3/c1-8-5-9(2)13(10(3)6-8)14-16-11(4)12(7-15)17-14/h5-6H,1-4H3,(H,16,17). The van der Waals surface area contributed by atoms with Gasteiger partial charge in [-0.15, -0.1) is 0 Å². The lowest BCUT2D eigenvalue weighted by Gasteiger charge is -2.08. The lowest BCUT2D eigenvalue weighted by atomic mass is 9.99. The Morgan fingerprint density at radius 2 is 1.71 bits per heavy atom. The number of benzene rings is 1. The molecule has 3 heteroatoms. The Morgan fingerprint density at radius 3 is 2.18 bits per heavy atom. The van der Waals surface area contributed by atoms with Crippen LogP contribution in [0.2, 0.25) is 0 Å². The van der Waals surface area contributed by atoms with Gasteiger partial charge in [0.25, 0.3) is 0 Å². The SMILES string of the molecule is Cc1cc(C)c(-c2nc(C#N)c(C)[nH]2)c(C)c1. The van der Waals surface area contributed by atoms with E-state index >= 15 is 0 Å². The first kappa shape index (κ1) is 11.4. The second kappa shape index (κ2) is 4.06. The third-order valence-corrected chi connectivity index (χ3v) is 2.90. The largest absolute Gasteiger partial charge is 0.341 e. The Hall–Kier alpha value is -2.08. The fraction of sp³-hybridized carbons (Fsp3) is 0.286. The maximum atomic E-state index is 8.93. The molecule has 0 aliphatic heterocycles. The third kappa shape index (κ3) is 1.94. The molecule has 0 fully saturated rings. The summed E-state index contributed by atoms with van der Waals surface area (Å²) in [5.74, 6) is 0.786. The van der Waals surface area contributed by atoms with Gasteiger partial charge in [0.05, 0.1) is 5.69 Å². The molecule has 17 heavy (non-hydrogen) atoms. The van der Waals surface area contributed by atoms with Gasteiger partial charge in [-0.25, -0.2) is 4.98 Å². The first-order valence-electron chi connectivity index (χ1n) is 5.58. The van der Waals surface area contributed by atoms with E-state index in [1.807, 2.05) is 6.92 Å². The number of hydrogen-bond donors (Lipinski definition) is 1. The van der Waals surface area contributed by atoms with Gasteiger partial charge < -0.3 is 4.98 Å². The van der Waals surface area contributed by atoms with Crippen LogP contribution in [-0.2, 0) is 0 Å². The second-order valence-corrected chi connectivity index (χ2v) is 4.44. The first-order chi connectivity index (χ1) is 8.02. The van der Waals surface area contributed by atoms with Gasteiger partial charge in [-0.2, -0.15) is 5.26 Å². The molecule has 0 unspecified atom stereocenters. The lowest BCUT2D eigenvalue weighted by molar-refractivity contribution is 1.22. The minimum atomic E-state index is 0.472. The summed E-state index contributed by atoms with van der Waals surface area (Å²) in [7, 11) is 0. The molecule has 1 aromatic heterocycles. The van der Waals surface area contributed by atoms with Gasteiger partial charge in [0.15, 0.2) is 5.69 Å². The summed E-state index contributed by atoms with van der Waals surface area (Å²) in [4.78, 5) is 7.51. The zero-order chi connectivity index (χ0) is 12.6. The fourth-order valence-electron chi connectivity index (χ4n) is 2.24. The minimum absolute atomic E-state index is 0.472. The van der Waals surface area contributed by atoms with Crippen molar-refractivity contribution in [1.29, 1.82) is 5.26 Å². The molecule has 86 valence electrons. The molecule has 0 spiro atoms. The van der Waals surface area contributed by atoms with E-state index in [9.17, 15) is 0 Å². The molecule has 2 aromatic rings. The van der Waals surface area contributed by atoms with Crippen LogP contribution in [0.5, 0.6) is 0 Å². The molecule has 1 heterocycles. The van der Waals surface area contributed by atoms with Crippen molar-refractivity contribution in [3.05, 3.63) is 40.2 Å². The monoisotopic (exact) mass is 225 g/mol. The normalized spacial score (nSPS) is 10.3. The summed E-state index contributed by atoms with van der Waals surface area (Å²) >= 11 is 0. The van der Waals surface area contributed by atoms with Crippen LogP contribution < -0.4 is 0 Å². The first-order valence-corrected chi connectivity index (χ1v) is 5.58. The highest BCUT2D eigenvalue weighted by atomic mass is 14.9.